The van der Waals surface area contributed by atoms with Crippen molar-refractivity contribution >= 4 is 46.9 Å². The van der Waals surface area contributed by atoms with Crippen molar-refractivity contribution in [2.24, 2.45) is 0 Å². The molecule has 4 saturated heterocycles. The molecule has 2 spiro atoms. The summed E-state index contributed by atoms with van der Waals surface area (Å²) in [6.45, 7) is 1.90. The average Bonchev–Trinajstić information content (AvgIpc) is 3.22. The van der Waals surface area contributed by atoms with E-state index in [4.69, 9.17) is 17.0 Å². The van der Waals surface area contributed by atoms with Gasteiger partial charge in [0.05, 0.1) is 25.3 Å². The van der Waals surface area contributed by atoms with Crippen molar-refractivity contribution in [1.82, 2.24) is 20.9 Å². The highest BCUT2D eigenvalue weighted by atomic mass is 32.2. The third kappa shape index (κ3) is 2.81. The van der Waals surface area contributed by atoms with Crippen molar-refractivity contribution < 1.29 is 9.53 Å². The summed E-state index contributed by atoms with van der Waals surface area (Å²) in [6, 6.07) is 9.88. The first kappa shape index (κ1) is 18.8. The van der Waals surface area contributed by atoms with E-state index in [9.17, 15) is 4.79 Å². The predicted octanol–water partition coefficient (Wildman–Crippen LogP) is 2.11. The number of carbonyl (C=O) groups is 1. The number of nitrogens with zero attached hydrogens (tertiary/aromatic N) is 1. The molecule has 1 aromatic rings. The zero-order chi connectivity index (χ0) is 19.2. The van der Waals surface area contributed by atoms with Crippen molar-refractivity contribution in [3.8, 4) is 0 Å². The van der Waals surface area contributed by atoms with Gasteiger partial charge in [0.15, 0.2) is 10.8 Å². The Hall–Kier alpha value is -1.16. The monoisotopic (exact) mass is 436 g/mol. The lowest BCUT2D eigenvalue weighted by molar-refractivity contribution is 0.0526. The Morgan fingerprint density at radius 1 is 1.21 bits per heavy atom. The van der Waals surface area contributed by atoms with Gasteiger partial charge in [-0.1, -0.05) is 30.3 Å². The van der Waals surface area contributed by atoms with Crippen molar-refractivity contribution in [1.29, 1.82) is 0 Å². The molecule has 0 aliphatic carbocycles. The van der Waals surface area contributed by atoms with Crippen LogP contribution in [0.3, 0.4) is 0 Å². The van der Waals surface area contributed by atoms with Crippen LogP contribution in [0.25, 0.3) is 0 Å². The van der Waals surface area contributed by atoms with Gasteiger partial charge in [-0.15, -0.1) is 23.5 Å². The second kappa shape index (κ2) is 7.27. The van der Waals surface area contributed by atoms with E-state index in [1.165, 1.54) is 6.42 Å². The van der Waals surface area contributed by atoms with Crippen LogP contribution in [-0.2, 0) is 11.3 Å². The van der Waals surface area contributed by atoms with Crippen LogP contribution in [0.5, 0.6) is 0 Å². The van der Waals surface area contributed by atoms with Gasteiger partial charge in [-0.25, -0.2) is 4.79 Å². The summed E-state index contributed by atoms with van der Waals surface area (Å²) in [6.07, 6.45) is 2.23. The van der Waals surface area contributed by atoms with Gasteiger partial charge in [0, 0.05) is 6.54 Å². The minimum absolute atomic E-state index is 0.0653. The van der Waals surface area contributed by atoms with Gasteiger partial charge >= 0.3 is 6.03 Å². The molecule has 2 amide bonds. The Morgan fingerprint density at radius 3 is 2.79 bits per heavy atom. The molecular formula is C19H24N4O2S3. The Labute approximate surface area is 178 Å². The molecule has 4 fully saturated rings. The predicted molar refractivity (Wildman–Crippen MR) is 117 cm³/mol. The fourth-order valence-corrected chi connectivity index (χ4v) is 8.99. The van der Waals surface area contributed by atoms with Crippen molar-refractivity contribution in [2.45, 2.75) is 41.3 Å². The maximum Gasteiger partial charge on any atom is 0.317 e. The summed E-state index contributed by atoms with van der Waals surface area (Å²) < 4.78 is 5.97. The molecule has 0 unspecified atom stereocenters. The van der Waals surface area contributed by atoms with Crippen LogP contribution in [0.4, 0.5) is 4.79 Å². The van der Waals surface area contributed by atoms with Crippen LogP contribution in [0.1, 0.15) is 18.4 Å². The highest BCUT2D eigenvalue weighted by Gasteiger charge is 2.71. The number of nitrogens with one attached hydrogen (secondary N) is 3. The van der Waals surface area contributed by atoms with Crippen LogP contribution < -0.4 is 16.0 Å². The van der Waals surface area contributed by atoms with Crippen LogP contribution in [0.2, 0.25) is 0 Å². The van der Waals surface area contributed by atoms with Gasteiger partial charge in [0.1, 0.15) is 4.08 Å². The van der Waals surface area contributed by atoms with E-state index in [2.05, 4.69) is 33.0 Å². The number of ether oxygens (including phenoxy) is 1. The normalized spacial score (nSPS) is 33.1. The van der Waals surface area contributed by atoms with E-state index >= 15 is 0 Å². The third-order valence-corrected chi connectivity index (χ3v) is 10.0. The lowest BCUT2D eigenvalue weighted by Gasteiger charge is -2.55. The number of carbonyl (C=O) groups excluding carboxylic acids is 1. The van der Waals surface area contributed by atoms with E-state index in [0.29, 0.717) is 13.2 Å². The Balaban J connectivity index is 1.40. The van der Waals surface area contributed by atoms with Gasteiger partial charge in [0.25, 0.3) is 0 Å². The first-order chi connectivity index (χ1) is 13.6. The van der Waals surface area contributed by atoms with Gasteiger partial charge in [-0.3, -0.25) is 0 Å². The topological polar surface area (TPSA) is 65.6 Å². The summed E-state index contributed by atoms with van der Waals surface area (Å²) in [7, 11) is 0. The summed E-state index contributed by atoms with van der Waals surface area (Å²) in [4.78, 5) is 14.8. The maximum absolute atomic E-state index is 12.5. The van der Waals surface area contributed by atoms with Crippen molar-refractivity contribution in [3.05, 3.63) is 35.9 Å². The SMILES string of the molecule is O=C1N[C@@H]2[C@@H](COCc3ccccc3)NC(=S)N3CCC4(SCCCS4)[C@@]23N1. The van der Waals surface area contributed by atoms with Crippen LogP contribution in [-0.4, -0.2) is 62.5 Å². The molecule has 0 bridgehead atoms. The fourth-order valence-electron chi connectivity index (χ4n) is 4.86. The number of thiocarbonyl (C=S) groups is 1. The standard InChI is InChI=1S/C19H24N4O2S3/c24-16-21-15-14(12-25-11-13-5-2-1-3-6-13)20-17(26)23-8-7-18(19(15,23)22-16)27-9-4-10-28-18/h1-3,5-6,14-15H,4,7-12H2,(H,20,26)(H2,21,22,24)/t14-,15-,19-/m1/s1. The Bertz CT molecular complexity index is 774. The molecule has 9 heteroatoms. The zero-order valence-corrected chi connectivity index (χ0v) is 17.9. The molecule has 1 aromatic carbocycles. The molecule has 6 nitrogen and oxygen atoms in total. The maximum atomic E-state index is 12.5. The van der Waals surface area contributed by atoms with E-state index in [1.807, 2.05) is 41.7 Å². The number of amides is 2. The van der Waals surface area contributed by atoms with Crippen LogP contribution in [0.15, 0.2) is 30.3 Å². The fraction of sp³-hybridized carbons (Fsp3) is 0.579. The number of hydrogen-bond donors (Lipinski definition) is 3. The van der Waals surface area contributed by atoms with E-state index in [1.54, 1.807) is 0 Å². The number of thioether (sulfide) groups is 2. The lowest BCUT2D eigenvalue weighted by atomic mass is 9.90. The average molecular weight is 437 g/mol. The molecule has 28 heavy (non-hydrogen) atoms. The minimum atomic E-state index is -0.497. The van der Waals surface area contributed by atoms with Crippen molar-refractivity contribution in [2.75, 3.05) is 24.7 Å². The summed E-state index contributed by atoms with van der Waals surface area (Å²) in [5, 5.41) is 10.7. The second-order valence-electron chi connectivity index (χ2n) is 7.60. The first-order valence-corrected chi connectivity index (χ1v) is 12.1. The summed E-state index contributed by atoms with van der Waals surface area (Å²) in [5.41, 5.74) is 0.643. The van der Waals surface area contributed by atoms with Crippen molar-refractivity contribution in [3.63, 3.8) is 0 Å². The van der Waals surface area contributed by atoms with Crippen LogP contribution in [0, 0.1) is 0 Å². The molecule has 5 rings (SSSR count). The van der Waals surface area contributed by atoms with Gasteiger partial charge < -0.3 is 25.6 Å². The molecule has 4 heterocycles. The quantitative estimate of drug-likeness (QED) is 0.625. The minimum Gasteiger partial charge on any atom is -0.375 e. The van der Waals surface area contributed by atoms with Gasteiger partial charge in [-0.05, 0) is 42.1 Å². The number of urea groups is 1. The number of rotatable bonds is 4. The Morgan fingerprint density at radius 2 is 2.00 bits per heavy atom. The van der Waals surface area contributed by atoms with E-state index in [0.717, 1.165) is 35.1 Å². The molecule has 0 radical (unpaired) electrons. The van der Waals surface area contributed by atoms with Gasteiger partial charge in [-0.2, -0.15) is 0 Å². The summed E-state index contributed by atoms with van der Waals surface area (Å²) in [5.74, 6) is 2.25. The molecule has 0 aromatic heterocycles. The second-order valence-corrected chi connectivity index (χ2v) is 11.0. The molecule has 4 aliphatic heterocycles. The molecule has 0 saturated carbocycles. The zero-order valence-electron chi connectivity index (χ0n) is 15.5. The van der Waals surface area contributed by atoms with E-state index in [-0.39, 0.29) is 22.2 Å². The third-order valence-electron chi connectivity index (χ3n) is 6.04. The molecular weight excluding hydrogens is 412 g/mol. The molecule has 150 valence electrons. The first-order valence-electron chi connectivity index (χ1n) is 9.71. The number of hydrogen-bond acceptors (Lipinski definition) is 5. The van der Waals surface area contributed by atoms with Gasteiger partial charge in [0.2, 0.25) is 0 Å². The molecule has 3 N–H and O–H groups in total. The largest absolute Gasteiger partial charge is 0.375 e. The smallest absolute Gasteiger partial charge is 0.317 e. The highest BCUT2D eigenvalue weighted by molar-refractivity contribution is 8.19. The molecule has 3 atom stereocenters. The molecule has 4 aliphatic rings. The summed E-state index contributed by atoms with van der Waals surface area (Å²) >= 11 is 9.72. The Kier molecular flexibility index (Phi) is 4.89. The number of benzene rings is 1. The van der Waals surface area contributed by atoms with Crippen LogP contribution >= 0.6 is 35.7 Å². The highest BCUT2D eigenvalue weighted by Crippen LogP contribution is 2.59. The lowest BCUT2D eigenvalue weighted by Crippen LogP contribution is -2.79. The van der Waals surface area contributed by atoms with E-state index < -0.39 is 5.66 Å².